The lowest BCUT2D eigenvalue weighted by atomic mass is 10.2. The molecule has 0 spiro atoms. The second-order valence-corrected chi connectivity index (χ2v) is 7.65. The van der Waals surface area contributed by atoms with E-state index >= 15 is 0 Å². The van der Waals surface area contributed by atoms with Gasteiger partial charge < -0.3 is 9.47 Å². The minimum atomic E-state index is -1.43. The molecule has 0 N–H and O–H groups in total. The van der Waals surface area contributed by atoms with Crippen LogP contribution in [0.4, 0.5) is 4.39 Å². The van der Waals surface area contributed by atoms with Crippen molar-refractivity contribution >= 4 is 33.1 Å². The summed E-state index contributed by atoms with van der Waals surface area (Å²) >= 11 is 3.14. The van der Waals surface area contributed by atoms with E-state index in [-0.39, 0.29) is 11.3 Å². The van der Waals surface area contributed by atoms with Gasteiger partial charge in [0.25, 0.3) is 0 Å². The van der Waals surface area contributed by atoms with Crippen molar-refractivity contribution in [2.45, 2.75) is 25.5 Å². The summed E-state index contributed by atoms with van der Waals surface area (Å²) in [5.41, 5.74) is 0.389. The molecule has 0 bridgehead atoms. The van der Waals surface area contributed by atoms with Crippen LogP contribution in [0, 0.1) is 5.82 Å². The maximum atomic E-state index is 13.6. The predicted octanol–water partition coefficient (Wildman–Crippen LogP) is 3.45. The van der Waals surface area contributed by atoms with E-state index in [9.17, 15) is 8.60 Å². The number of rotatable bonds is 5. The minimum Gasteiger partial charge on any atom is -0.467 e. The molecule has 0 amide bonds. The third kappa shape index (κ3) is 4.64. The average molecular weight is 366 g/mol. The highest BCUT2D eigenvalue weighted by Crippen LogP contribution is 2.28. The number of halogens is 2. The van der Waals surface area contributed by atoms with Gasteiger partial charge in [0.15, 0.2) is 6.79 Å². The number of methoxy groups -OCH3 is 1. The molecule has 0 aliphatic heterocycles. The molecule has 0 saturated carbocycles. The molecule has 112 valence electrons. The van der Waals surface area contributed by atoms with Crippen molar-refractivity contribution in [3.05, 3.63) is 28.0 Å². The van der Waals surface area contributed by atoms with Crippen molar-refractivity contribution in [3.63, 3.8) is 0 Å². The van der Waals surface area contributed by atoms with E-state index in [1.54, 1.807) is 0 Å². The topological polar surface area (TPSA) is 47.9 Å². The first kappa shape index (κ1) is 17.3. The molecule has 1 aromatic carbocycles. The summed E-state index contributed by atoms with van der Waals surface area (Å²) in [6.07, 6.45) is 1.35. The Hall–Kier alpha value is -0.790. The van der Waals surface area contributed by atoms with Crippen LogP contribution in [0.1, 0.15) is 26.3 Å². The van der Waals surface area contributed by atoms with Crippen LogP contribution < -0.4 is 4.74 Å². The summed E-state index contributed by atoms with van der Waals surface area (Å²) in [7, 11) is 0.0598. The molecule has 1 aromatic rings. The second kappa shape index (κ2) is 7.28. The molecule has 20 heavy (non-hydrogen) atoms. The molecule has 0 aromatic heterocycles. The van der Waals surface area contributed by atoms with Crippen LogP contribution >= 0.6 is 15.9 Å². The average Bonchev–Trinajstić information content (AvgIpc) is 2.37. The normalized spacial score (nSPS) is 13.7. The molecule has 4 nitrogen and oxygen atoms in total. The Morgan fingerprint density at radius 1 is 1.45 bits per heavy atom. The van der Waals surface area contributed by atoms with Crippen LogP contribution in [-0.2, 0) is 15.7 Å². The fraction of sp³-hybridized carbons (Fsp3) is 0.462. The van der Waals surface area contributed by atoms with Gasteiger partial charge >= 0.3 is 0 Å². The molecule has 0 fully saturated rings. The maximum absolute atomic E-state index is 13.6. The molecule has 0 aliphatic rings. The van der Waals surface area contributed by atoms with E-state index in [0.717, 1.165) is 0 Å². The molecule has 0 aliphatic carbocycles. The maximum Gasteiger partial charge on any atom is 0.188 e. The van der Waals surface area contributed by atoms with Crippen LogP contribution in [-0.4, -0.2) is 29.1 Å². The van der Waals surface area contributed by atoms with Gasteiger partial charge in [0, 0.05) is 13.3 Å². The molecule has 1 rings (SSSR count). The standard InChI is InChI=1S/C13H17BrFNO3S/c1-13(2,3)20(17)16-7-9-11(19-8-18-4)6-5-10(15)12(9)14/h5-7H,8H2,1-4H3/b16-7+/t20-/m0/s1. The van der Waals surface area contributed by atoms with Crippen LogP contribution in [0.2, 0.25) is 0 Å². The lowest BCUT2D eigenvalue weighted by molar-refractivity contribution is 0.0509. The number of hydrogen-bond donors (Lipinski definition) is 0. The Morgan fingerprint density at radius 2 is 2.10 bits per heavy atom. The fourth-order valence-electron chi connectivity index (χ4n) is 1.18. The van der Waals surface area contributed by atoms with E-state index in [4.69, 9.17) is 9.47 Å². The van der Waals surface area contributed by atoms with Gasteiger partial charge in [-0.15, -0.1) is 0 Å². The zero-order valence-corrected chi connectivity index (χ0v) is 14.2. The summed E-state index contributed by atoms with van der Waals surface area (Å²) in [6, 6.07) is 2.74. The Bertz CT molecular complexity index is 529. The third-order valence-corrected chi connectivity index (χ3v) is 4.38. The van der Waals surface area contributed by atoms with Crippen molar-refractivity contribution in [2.75, 3.05) is 13.9 Å². The van der Waals surface area contributed by atoms with E-state index in [0.29, 0.717) is 11.3 Å². The largest absolute Gasteiger partial charge is 0.467 e. The number of benzene rings is 1. The number of ether oxygens (including phenoxy) is 2. The van der Waals surface area contributed by atoms with E-state index in [1.807, 2.05) is 20.8 Å². The summed E-state index contributed by atoms with van der Waals surface area (Å²) < 4.78 is 39.3. The monoisotopic (exact) mass is 365 g/mol. The zero-order valence-electron chi connectivity index (χ0n) is 11.8. The number of nitrogens with zero attached hydrogens (tertiary/aromatic N) is 1. The van der Waals surface area contributed by atoms with E-state index in [2.05, 4.69) is 20.3 Å². The van der Waals surface area contributed by atoms with E-state index in [1.165, 1.54) is 25.5 Å². The summed E-state index contributed by atoms with van der Waals surface area (Å²) in [4.78, 5) is 0. The first-order chi connectivity index (χ1) is 9.27. The lowest BCUT2D eigenvalue weighted by Crippen LogP contribution is -2.19. The van der Waals surface area contributed by atoms with Crippen LogP contribution in [0.15, 0.2) is 21.0 Å². The van der Waals surface area contributed by atoms with Crippen LogP contribution in [0.25, 0.3) is 0 Å². The summed E-state index contributed by atoms with van der Waals surface area (Å²) in [5.74, 6) is -0.0486. The van der Waals surface area contributed by atoms with Gasteiger partial charge in [0.1, 0.15) is 22.6 Å². The predicted molar refractivity (Wildman–Crippen MR) is 82.1 cm³/mol. The highest BCUT2D eigenvalue weighted by Gasteiger charge is 2.19. The highest BCUT2D eigenvalue weighted by molar-refractivity contribution is 9.10. The van der Waals surface area contributed by atoms with Gasteiger partial charge in [-0.05, 0) is 48.8 Å². The molecule has 7 heteroatoms. The van der Waals surface area contributed by atoms with Crippen molar-refractivity contribution in [1.82, 2.24) is 0 Å². The Labute approximate surface area is 129 Å². The van der Waals surface area contributed by atoms with Crippen molar-refractivity contribution < 1.29 is 18.1 Å². The molecule has 0 saturated heterocycles. The minimum absolute atomic E-state index is 0.0290. The molecule has 0 heterocycles. The SMILES string of the molecule is COCOc1ccc(F)c(Br)c1/C=N/[S@@](=O)C(C)(C)C. The lowest BCUT2D eigenvalue weighted by Gasteiger charge is -2.14. The highest BCUT2D eigenvalue weighted by atomic mass is 79.9. The van der Waals surface area contributed by atoms with Gasteiger partial charge in [-0.3, -0.25) is 0 Å². The van der Waals surface area contributed by atoms with E-state index < -0.39 is 21.5 Å². The van der Waals surface area contributed by atoms with Crippen molar-refractivity contribution in [3.8, 4) is 5.75 Å². The van der Waals surface area contributed by atoms with Crippen LogP contribution in [0.3, 0.4) is 0 Å². The Kier molecular flexibility index (Phi) is 6.29. The quantitative estimate of drug-likeness (QED) is 0.592. The Balaban J connectivity index is 3.11. The molecular formula is C13H17BrFNO3S. The van der Waals surface area contributed by atoms with Gasteiger partial charge in [-0.25, -0.2) is 8.60 Å². The fourth-order valence-corrected chi connectivity index (χ4v) is 2.12. The Morgan fingerprint density at radius 3 is 2.65 bits per heavy atom. The second-order valence-electron chi connectivity index (χ2n) is 4.92. The first-order valence-electron chi connectivity index (χ1n) is 5.83. The first-order valence-corrected chi connectivity index (χ1v) is 7.73. The summed E-state index contributed by atoms with van der Waals surface area (Å²) in [5, 5.41) is 0. The van der Waals surface area contributed by atoms with Crippen LogP contribution in [0.5, 0.6) is 5.75 Å². The van der Waals surface area contributed by atoms with Gasteiger partial charge in [-0.1, -0.05) is 0 Å². The zero-order chi connectivity index (χ0) is 15.3. The molecule has 0 unspecified atom stereocenters. The number of hydrogen-bond acceptors (Lipinski definition) is 3. The summed E-state index contributed by atoms with van der Waals surface area (Å²) in [6.45, 7) is 5.46. The molecular weight excluding hydrogens is 349 g/mol. The van der Waals surface area contributed by atoms with Gasteiger partial charge in [0.2, 0.25) is 0 Å². The smallest absolute Gasteiger partial charge is 0.188 e. The third-order valence-electron chi connectivity index (χ3n) is 2.23. The van der Waals surface area contributed by atoms with Gasteiger partial charge in [0.05, 0.1) is 14.8 Å². The van der Waals surface area contributed by atoms with Crippen molar-refractivity contribution in [1.29, 1.82) is 0 Å². The van der Waals surface area contributed by atoms with Gasteiger partial charge in [-0.2, -0.15) is 4.40 Å². The van der Waals surface area contributed by atoms with Crippen molar-refractivity contribution in [2.24, 2.45) is 4.40 Å². The molecule has 0 radical (unpaired) electrons. The molecule has 1 atom stereocenters.